The van der Waals surface area contributed by atoms with E-state index < -0.39 is 0 Å². The van der Waals surface area contributed by atoms with Crippen LogP contribution < -0.4 is 9.47 Å². The molecule has 0 aliphatic rings. The molecule has 0 spiro atoms. The smallest absolute Gasteiger partial charge is 0.172 e. The maximum atomic E-state index is 11.0. The Kier molecular flexibility index (Phi) is 4.18. The van der Waals surface area contributed by atoms with Crippen LogP contribution in [0.1, 0.15) is 23.1 Å². The molecule has 0 aliphatic carbocycles. The highest BCUT2D eigenvalue weighted by molar-refractivity contribution is 5.81. The van der Waals surface area contributed by atoms with Crippen molar-refractivity contribution in [1.29, 1.82) is 0 Å². The van der Waals surface area contributed by atoms with E-state index in [2.05, 4.69) is 4.98 Å². The Bertz CT molecular complexity index is 564. The molecule has 2 aromatic rings. The molecule has 0 aliphatic heterocycles. The average molecular weight is 260 g/mol. The Hall–Kier alpha value is -2.30. The highest BCUT2D eigenvalue weighted by Crippen LogP contribution is 2.30. The third kappa shape index (κ3) is 2.76. The second kappa shape index (κ2) is 6.04. The van der Waals surface area contributed by atoms with Crippen LogP contribution in [-0.2, 0) is 13.2 Å². The van der Waals surface area contributed by atoms with Gasteiger partial charge in [-0.05, 0) is 19.1 Å². The Morgan fingerprint density at radius 2 is 2.26 bits per heavy atom. The van der Waals surface area contributed by atoms with Crippen molar-refractivity contribution < 1.29 is 14.3 Å². The van der Waals surface area contributed by atoms with Crippen LogP contribution >= 0.6 is 0 Å². The van der Waals surface area contributed by atoms with Gasteiger partial charge >= 0.3 is 0 Å². The molecule has 1 heterocycles. The fourth-order valence-electron chi connectivity index (χ4n) is 1.85. The molecule has 0 unspecified atom stereocenters. The number of hydrogen-bond acceptors (Lipinski definition) is 4. The van der Waals surface area contributed by atoms with Crippen molar-refractivity contribution in [2.24, 2.45) is 0 Å². The van der Waals surface area contributed by atoms with E-state index in [0.717, 1.165) is 18.7 Å². The van der Waals surface area contributed by atoms with E-state index in [9.17, 15) is 4.79 Å². The Labute approximate surface area is 111 Å². The van der Waals surface area contributed by atoms with Crippen LogP contribution in [0.4, 0.5) is 0 Å². The summed E-state index contributed by atoms with van der Waals surface area (Å²) in [5.41, 5.74) is 0.467. The summed E-state index contributed by atoms with van der Waals surface area (Å²) in [6.45, 7) is 3.15. The van der Waals surface area contributed by atoms with Gasteiger partial charge in [0.05, 0.1) is 12.7 Å². The van der Waals surface area contributed by atoms with E-state index in [1.807, 2.05) is 17.7 Å². The lowest BCUT2D eigenvalue weighted by atomic mass is 10.2. The van der Waals surface area contributed by atoms with Crippen LogP contribution in [0.25, 0.3) is 0 Å². The van der Waals surface area contributed by atoms with Crippen LogP contribution in [0.3, 0.4) is 0 Å². The zero-order valence-corrected chi connectivity index (χ0v) is 11.0. The summed E-state index contributed by atoms with van der Waals surface area (Å²) in [6, 6.07) is 5.20. The van der Waals surface area contributed by atoms with Gasteiger partial charge in [0.2, 0.25) is 0 Å². The van der Waals surface area contributed by atoms with Gasteiger partial charge in [-0.1, -0.05) is 6.07 Å². The monoisotopic (exact) mass is 260 g/mol. The first-order valence-electron chi connectivity index (χ1n) is 6.05. The molecule has 100 valence electrons. The predicted octanol–water partition coefficient (Wildman–Crippen LogP) is 2.30. The Balaban J connectivity index is 2.21. The number of rotatable bonds is 6. The SMILES string of the molecule is CCn1ccnc1COc1c(C=O)cccc1OC. The summed E-state index contributed by atoms with van der Waals surface area (Å²) in [5, 5.41) is 0. The fourth-order valence-corrected chi connectivity index (χ4v) is 1.85. The van der Waals surface area contributed by atoms with E-state index in [1.54, 1.807) is 31.5 Å². The number of carbonyl (C=O) groups excluding carboxylic acids is 1. The normalized spacial score (nSPS) is 10.2. The number of imidazole rings is 1. The van der Waals surface area contributed by atoms with Crippen LogP contribution in [0, 0.1) is 0 Å². The predicted molar refractivity (Wildman–Crippen MR) is 70.6 cm³/mol. The molecule has 0 saturated heterocycles. The third-order valence-electron chi connectivity index (χ3n) is 2.84. The molecular formula is C14H16N2O3. The summed E-state index contributed by atoms with van der Waals surface area (Å²) in [6.07, 6.45) is 4.37. The Morgan fingerprint density at radius 1 is 1.42 bits per heavy atom. The largest absolute Gasteiger partial charge is 0.493 e. The Morgan fingerprint density at radius 3 is 2.95 bits per heavy atom. The maximum absolute atomic E-state index is 11.0. The molecule has 5 heteroatoms. The van der Waals surface area contributed by atoms with E-state index in [0.29, 0.717) is 23.7 Å². The number of aryl methyl sites for hydroxylation is 1. The first-order chi connectivity index (χ1) is 9.30. The first-order valence-corrected chi connectivity index (χ1v) is 6.05. The first kappa shape index (κ1) is 13.1. The van der Waals surface area contributed by atoms with E-state index in [1.165, 1.54) is 0 Å². The molecule has 0 fully saturated rings. The zero-order chi connectivity index (χ0) is 13.7. The molecule has 2 rings (SSSR count). The molecule has 0 amide bonds. The van der Waals surface area contributed by atoms with Crippen molar-refractivity contribution in [2.45, 2.75) is 20.1 Å². The highest BCUT2D eigenvalue weighted by Gasteiger charge is 2.11. The number of para-hydroxylation sites is 1. The summed E-state index contributed by atoms with van der Waals surface area (Å²) < 4.78 is 12.9. The molecule has 0 radical (unpaired) electrons. The standard InChI is InChI=1S/C14H16N2O3/c1-3-16-8-7-15-13(16)10-19-14-11(9-17)5-4-6-12(14)18-2/h4-9H,3,10H2,1-2H3. The van der Waals surface area contributed by atoms with Crippen LogP contribution in [-0.4, -0.2) is 22.9 Å². The van der Waals surface area contributed by atoms with Gasteiger partial charge in [0.1, 0.15) is 12.4 Å². The minimum Gasteiger partial charge on any atom is -0.493 e. The quantitative estimate of drug-likeness (QED) is 0.748. The minimum atomic E-state index is 0.294. The van der Waals surface area contributed by atoms with Crippen molar-refractivity contribution in [2.75, 3.05) is 7.11 Å². The lowest BCUT2D eigenvalue weighted by molar-refractivity contribution is 0.111. The van der Waals surface area contributed by atoms with Gasteiger partial charge < -0.3 is 14.0 Å². The number of aldehydes is 1. The summed E-state index contributed by atoms with van der Waals surface area (Å²) in [7, 11) is 1.55. The van der Waals surface area contributed by atoms with Gasteiger partial charge in [-0.25, -0.2) is 4.98 Å². The number of aromatic nitrogens is 2. The molecule has 0 bridgehead atoms. The molecule has 0 atom stereocenters. The highest BCUT2D eigenvalue weighted by atomic mass is 16.5. The van der Waals surface area contributed by atoms with Crippen molar-refractivity contribution in [3.63, 3.8) is 0 Å². The summed E-state index contributed by atoms with van der Waals surface area (Å²) in [5.74, 6) is 1.80. The van der Waals surface area contributed by atoms with Gasteiger partial charge in [0.15, 0.2) is 17.8 Å². The number of benzene rings is 1. The second-order valence-electron chi connectivity index (χ2n) is 3.91. The molecular weight excluding hydrogens is 244 g/mol. The van der Waals surface area contributed by atoms with Gasteiger partial charge in [-0.3, -0.25) is 4.79 Å². The van der Waals surface area contributed by atoms with Crippen molar-refractivity contribution in [3.8, 4) is 11.5 Å². The molecule has 0 saturated carbocycles. The summed E-state index contributed by atoms with van der Waals surface area (Å²) >= 11 is 0. The number of carbonyl (C=O) groups is 1. The summed E-state index contributed by atoms with van der Waals surface area (Å²) in [4.78, 5) is 15.2. The van der Waals surface area contributed by atoms with E-state index >= 15 is 0 Å². The van der Waals surface area contributed by atoms with Gasteiger partial charge in [0, 0.05) is 18.9 Å². The number of ether oxygens (including phenoxy) is 2. The van der Waals surface area contributed by atoms with Gasteiger partial charge in [-0.15, -0.1) is 0 Å². The second-order valence-corrected chi connectivity index (χ2v) is 3.91. The lowest BCUT2D eigenvalue weighted by Crippen LogP contribution is -2.07. The minimum absolute atomic E-state index is 0.294. The third-order valence-corrected chi connectivity index (χ3v) is 2.84. The van der Waals surface area contributed by atoms with Gasteiger partial charge in [0.25, 0.3) is 0 Å². The lowest BCUT2D eigenvalue weighted by Gasteiger charge is -2.12. The van der Waals surface area contributed by atoms with Crippen molar-refractivity contribution in [1.82, 2.24) is 9.55 Å². The molecule has 1 aromatic heterocycles. The van der Waals surface area contributed by atoms with Crippen molar-refractivity contribution in [3.05, 3.63) is 42.0 Å². The zero-order valence-electron chi connectivity index (χ0n) is 11.0. The average Bonchev–Trinajstić information content (AvgIpc) is 2.91. The number of nitrogens with zero attached hydrogens (tertiary/aromatic N) is 2. The maximum Gasteiger partial charge on any atom is 0.172 e. The van der Waals surface area contributed by atoms with E-state index in [-0.39, 0.29) is 0 Å². The van der Waals surface area contributed by atoms with Crippen LogP contribution in [0.15, 0.2) is 30.6 Å². The molecule has 5 nitrogen and oxygen atoms in total. The van der Waals surface area contributed by atoms with E-state index in [4.69, 9.17) is 9.47 Å². The van der Waals surface area contributed by atoms with Crippen LogP contribution in [0.5, 0.6) is 11.5 Å². The number of methoxy groups -OCH3 is 1. The van der Waals surface area contributed by atoms with Crippen LogP contribution in [0.2, 0.25) is 0 Å². The number of hydrogen-bond donors (Lipinski definition) is 0. The topological polar surface area (TPSA) is 53.4 Å². The molecule has 19 heavy (non-hydrogen) atoms. The van der Waals surface area contributed by atoms with Gasteiger partial charge in [-0.2, -0.15) is 0 Å². The fraction of sp³-hybridized carbons (Fsp3) is 0.286. The molecule has 1 aromatic carbocycles. The van der Waals surface area contributed by atoms with Crippen molar-refractivity contribution >= 4 is 6.29 Å². The molecule has 0 N–H and O–H groups in total.